The van der Waals surface area contributed by atoms with Gasteiger partial charge in [0.25, 0.3) is 0 Å². The second-order valence-corrected chi connectivity index (χ2v) is 4.29. The first kappa shape index (κ1) is 11.0. The zero-order chi connectivity index (χ0) is 11.5. The van der Waals surface area contributed by atoms with Gasteiger partial charge in [0.2, 0.25) is 5.88 Å². The van der Waals surface area contributed by atoms with Gasteiger partial charge in [0, 0.05) is 17.5 Å². The van der Waals surface area contributed by atoms with Crippen molar-refractivity contribution in [3.63, 3.8) is 0 Å². The molecule has 2 N–H and O–H groups in total. The highest BCUT2D eigenvalue weighted by Gasteiger charge is 2.09. The van der Waals surface area contributed by atoms with Gasteiger partial charge in [-0.25, -0.2) is 9.97 Å². The minimum absolute atomic E-state index is 0.0457. The number of hydrogen-bond donors (Lipinski definition) is 1. The maximum atomic E-state index is 5.76. The summed E-state index contributed by atoms with van der Waals surface area (Å²) in [5.74, 6) is 0.593. The number of nitrogens with two attached hydrogens (primary N) is 1. The van der Waals surface area contributed by atoms with Crippen molar-refractivity contribution in [3.05, 3.63) is 29.3 Å². The van der Waals surface area contributed by atoms with Crippen LogP contribution in [0.3, 0.4) is 0 Å². The second-order valence-electron chi connectivity index (χ2n) is 3.43. The average molecular weight is 235 g/mol. The Morgan fingerprint density at radius 2 is 2.19 bits per heavy atom. The van der Waals surface area contributed by atoms with Crippen molar-refractivity contribution in [1.82, 2.24) is 9.97 Å². The van der Waals surface area contributed by atoms with Crippen LogP contribution in [0.1, 0.15) is 18.7 Å². The summed E-state index contributed by atoms with van der Waals surface area (Å²) in [5, 5.41) is 2.83. The van der Waals surface area contributed by atoms with Gasteiger partial charge in [-0.15, -0.1) is 11.3 Å². The molecule has 0 fully saturated rings. The van der Waals surface area contributed by atoms with E-state index in [1.807, 2.05) is 30.5 Å². The molecule has 16 heavy (non-hydrogen) atoms. The molecule has 0 aliphatic rings. The maximum Gasteiger partial charge on any atom is 0.213 e. The van der Waals surface area contributed by atoms with Gasteiger partial charge in [-0.3, -0.25) is 0 Å². The van der Waals surface area contributed by atoms with Crippen molar-refractivity contribution in [2.24, 2.45) is 5.73 Å². The first-order chi connectivity index (χ1) is 7.70. The average Bonchev–Trinajstić information content (AvgIpc) is 2.78. The van der Waals surface area contributed by atoms with E-state index >= 15 is 0 Å². The van der Waals surface area contributed by atoms with Gasteiger partial charge in [0.15, 0.2) is 0 Å². The summed E-state index contributed by atoms with van der Waals surface area (Å²) < 4.78 is 5.07. The highest BCUT2D eigenvalue weighted by molar-refractivity contribution is 7.13. The number of hydrogen-bond acceptors (Lipinski definition) is 5. The lowest BCUT2D eigenvalue weighted by molar-refractivity contribution is 0.398. The van der Waals surface area contributed by atoms with Crippen LogP contribution in [0.15, 0.2) is 23.6 Å². The molecule has 0 aromatic carbocycles. The molecule has 1 unspecified atom stereocenters. The van der Waals surface area contributed by atoms with E-state index in [9.17, 15) is 0 Å². The van der Waals surface area contributed by atoms with Crippen molar-refractivity contribution in [2.75, 3.05) is 7.11 Å². The molecule has 0 bridgehead atoms. The number of nitrogens with zero attached hydrogens (tertiary/aromatic N) is 2. The molecule has 0 aliphatic heterocycles. The predicted molar refractivity (Wildman–Crippen MR) is 64.5 cm³/mol. The molecule has 4 nitrogen and oxygen atoms in total. The van der Waals surface area contributed by atoms with Crippen LogP contribution in [0.5, 0.6) is 5.88 Å². The molecular formula is C11H13N3OS. The highest BCUT2D eigenvalue weighted by Crippen LogP contribution is 2.25. The maximum absolute atomic E-state index is 5.76. The quantitative estimate of drug-likeness (QED) is 0.886. The van der Waals surface area contributed by atoms with Crippen molar-refractivity contribution in [1.29, 1.82) is 0 Å². The Morgan fingerprint density at radius 1 is 1.38 bits per heavy atom. The Morgan fingerprint density at radius 3 is 2.81 bits per heavy atom. The van der Waals surface area contributed by atoms with Crippen LogP contribution in [0.4, 0.5) is 0 Å². The largest absolute Gasteiger partial charge is 0.481 e. The minimum atomic E-state index is -0.0457. The second kappa shape index (κ2) is 4.59. The zero-order valence-corrected chi connectivity index (χ0v) is 9.99. The summed E-state index contributed by atoms with van der Waals surface area (Å²) in [6.45, 7) is 1.91. The SMILES string of the molecule is COc1cccc(-c2nc(C(C)N)cs2)n1. The van der Waals surface area contributed by atoms with Crippen LogP contribution in [-0.4, -0.2) is 17.1 Å². The summed E-state index contributed by atoms with van der Waals surface area (Å²) in [4.78, 5) is 8.75. The first-order valence-electron chi connectivity index (χ1n) is 4.93. The number of thiazole rings is 1. The topological polar surface area (TPSA) is 61.0 Å². The van der Waals surface area contributed by atoms with E-state index in [1.54, 1.807) is 18.4 Å². The third-order valence-electron chi connectivity index (χ3n) is 2.14. The summed E-state index contributed by atoms with van der Waals surface area (Å²) >= 11 is 1.54. The van der Waals surface area contributed by atoms with Crippen LogP contribution in [0.25, 0.3) is 10.7 Å². The van der Waals surface area contributed by atoms with Crippen LogP contribution in [0.2, 0.25) is 0 Å². The van der Waals surface area contributed by atoms with Crippen LogP contribution < -0.4 is 10.5 Å². The van der Waals surface area contributed by atoms with Gasteiger partial charge in [0.1, 0.15) is 10.7 Å². The lowest BCUT2D eigenvalue weighted by Crippen LogP contribution is -2.04. The molecule has 0 aliphatic carbocycles. The van der Waals surface area contributed by atoms with E-state index in [0.29, 0.717) is 5.88 Å². The van der Waals surface area contributed by atoms with Crippen molar-refractivity contribution >= 4 is 11.3 Å². The third-order valence-corrected chi connectivity index (χ3v) is 3.02. The Hall–Kier alpha value is -1.46. The minimum Gasteiger partial charge on any atom is -0.481 e. The van der Waals surface area contributed by atoms with E-state index in [4.69, 9.17) is 10.5 Å². The van der Waals surface area contributed by atoms with E-state index in [1.165, 1.54) is 0 Å². The smallest absolute Gasteiger partial charge is 0.213 e. The Bertz CT molecular complexity index is 482. The lowest BCUT2D eigenvalue weighted by Gasteiger charge is -2.00. The molecule has 0 amide bonds. The van der Waals surface area contributed by atoms with Crippen LogP contribution in [-0.2, 0) is 0 Å². The fraction of sp³-hybridized carbons (Fsp3) is 0.273. The van der Waals surface area contributed by atoms with Gasteiger partial charge in [-0.1, -0.05) is 6.07 Å². The molecule has 0 radical (unpaired) electrons. The van der Waals surface area contributed by atoms with Gasteiger partial charge in [-0.2, -0.15) is 0 Å². The van der Waals surface area contributed by atoms with Crippen molar-refractivity contribution in [2.45, 2.75) is 13.0 Å². The molecule has 2 rings (SSSR count). The van der Waals surface area contributed by atoms with E-state index in [0.717, 1.165) is 16.4 Å². The van der Waals surface area contributed by atoms with Crippen molar-refractivity contribution < 1.29 is 4.74 Å². The molecule has 1 atom stereocenters. The van der Waals surface area contributed by atoms with Crippen LogP contribution in [0, 0.1) is 0 Å². The molecule has 0 spiro atoms. The molecule has 0 saturated heterocycles. The summed E-state index contributed by atoms with van der Waals surface area (Å²) in [6, 6.07) is 5.57. The molecule has 2 heterocycles. The van der Waals surface area contributed by atoms with Gasteiger partial charge in [-0.05, 0) is 13.0 Å². The van der Waals surface area contributed by atoms with E-state index < -0.39 is 0 Å². The molecule has 2 aromatic heterocycles. The number of ether oxygens (including phenoxy) is 1. The van der Waals surface area contributed by atoms with Crippen LogP contribution >= 0.6 is 11.3 Å². The zero-order valence-electron chi connectivity index (χ0n) is 9.18. The fourth-order valence-corrected chi connectivity index (χ4v) is 2.15. The van der Waals surface area contributed by atoms with Gasteiger partial charge in [0.05, 0.1) is 12.8 Å². The highest BCUT2D eigenvalue weighted by atomic mass is 32.1. The van der Waals surface area contributed by atoms with Gasteiger partial charge < -0.3 is 10.5 Å². The third kappa shape index (κ3) is 2.20. The normalized spacial score (nSPS) is 12.4. The number of aromatic nitrogens is 2. The van der Waals surface area contributed by atoms with E-state index in [-0.39, 0.29) is 6.04 Å². The van der Waals surface area contributed by atoms with Crippen molar-refractivity contribution in [3.8, 4) is 16.6 Å². The number of rotatable bonds is 3. The Balaban J connectivity index is 2.34. The lowest BCUT2D eigenvalue weighted by atomic mass is 10.3. The number of methoxy groups -OCH3 is 1. The molecule has 5 heteroatoms. The summed E-state index contributed by atoms with van der Waals surface area (Å²) in [5.41, 5.74) is 7.47. The summed E-state index contributed by atoms with van der Waals surface area (Å²) in [6.07, 6.45) is 0. The predicted octanol–water partition coefficient (Wildman–Crippen LogP) is 2.23. The Labute approximate surface area is 98.1 Å². The summed E-state index contributed by atoms with van der Waals surface area (Å²) in [7, 11) is 1.60. The molecular weight excluding hydrogens is 222 g/mol. The van der Waals surface area contributed by atoms with E-state index in [2.05, 4.69) is 9.97 Å². The first-order valence-corrected chi connectivity index (χ1v) is 5.81. The Kier molecular flexibility index (Phi) is 3.17. The standard InChI is InChI=1S/C11H13N3OS/c1-7(12)9-6-16-11(14-9)8-4-3-5-10(13-8)15-2/h3-7H,12H2,1-2H3. The molecule has 2 aromatic rings. The molecule has 0 saturated carbocycles. The number of pyridine rings is 1. The molecule has 84 valence electrons. The fourth-order valence-electron chi connectivity index (χ4n) is 1.26. The van der Waals surface area contributed by atoms with Gasteiger partial charge >= 0.3 is 0 Å². The monoisotopic (exact) mass is 235 g/mol.